The monoisotopic (exact) mass is 188 g/mol. The van der Waals surface area contributed by atoms with Gasteiger partial charge in [-0.3, -0.25) is 4.79 Å². The average Bonchev–Trinajstić information content (AvgIpc) is 2.71. The first kappa shape index (κ1) is 9.25. The molecule has 0 saturated carbocycles. The lowest BCUT2D eigenvalue weighted by Gasteiger charge is -2.14. The van der Waals surface area contributed by atoms with E-state index in [1.165, 1.54) is 0 Å². The van der Waals surface area contributed by atoms with Crippen LogP contribution < -0.4 is 0 Å². The summed E-state index contributed by atoms with van der Waals surface area (Å²) < 4.78 is 0. The normalized spacial score (nSPS) is 15.9. The van der Waals surface area contributed by atoms with Crippen molar-refractivity contribution in [1.82, 2.24) is 4.90 Å². The molecule has 1 amide bonds. The van der Waals surface area contributed by atoms with Crippen molar-refractivity contribution in [3.63, 3.8) is 0 Å². The largest absolute Gasteiger partial charge is 0.339 e. The molecule has 1 fully saturated rings. The second kappa shape index (κ2) is 3.82. The minimum atomic E-state index is 0.155. The van der Waals surface area contributed by atoms with Crippen LogP contribution in [0, 0.1) is 6.92 Å². The maximum Gasteiger partial charge on any atom is 0.253 e. The van der Waals surface area contributed by atoms with Crippen molar-refractivity contribution in [2.45, 2.75) is 12.8 Å². The molecule has 1 radical (unpaired) electrons. The van der Waals surface area contributed by atoms with E-state index < -0.39 is 0 Å². The number of benzene rings is 1. The molecule has 0 unspecified atom stereocenters. The fourth-order valence-electron chi connectivity index (χ4n) is 1.75. The summed E-state index contributed by atoms with van der Waals surface area (Å²) in [6.45, 7) is 5.61. The summed E-state index contributed by atoms with van der Waals surface area (Å²) in [5, 5.41) is 0. The van der Waals surface area contributed by atoms with Crippen molar-refractivity contribution in [3.05, 3.63) is 42.3 Å². The minimum Gasteiger partial charge on any atom is -0.339 e. The maximum absolute atomic E-state index is 11.9. The van der Waals surface area contributed by atoms with E-state index in [0.29, 0.717) is 0 Å². The average molecular weight is 188 g/mol. The van der Waals surface area contributed by atoms with Crippen molar-refractivity contribution < 1.29 is 4.79 Å². The molecule has 1 heterocycles. The van der Waals surface area contributed by atoms with Gasteiger partial charge >= 0.3 is 0 Å². The van der Waals surface area contributed by atoms with E-state index in [1.54, 1.807) is 0 Å². The van der Waals surface area contributed by atoms with Crippen LogP contribution in [0.2, 0.25) is 0 Å². The predicted octanol–water partition coefficient (Wildman–Crippen LogP) is 2.10. The van der Waals surface area contributed by atoms with Crippen LogP contribution in [0.15, 0.2) is 24.3 Å². The Morgan fingerprint density at radius 3 is 2.29 bits per heavy atom. The highest BCUT2D eigenvalue weighted by Gasteiger charge is 2.18. The van der Waals surface area contributed by atoms with E-state index in [-0.39, 0.29) is 5.91 Å². The van der Waals surface area contributed by atoms with Crippen molar-refractivity contribution in [1.29, 1.82) is 0 Å². The van der Waals surface area contributed by atoms with Crippen molar-refractivity contribution in [2.24, 2.45) is 0 Å². The molecule has 0 N–H and O–H groups in total. The van der Waals surface area contributed by atoms with Gasteiger partial charge in [-0.25, -0.2) is 0 Å². The Bertz CT molecular complexity index is 323. The van der Waals surface area contributed by atoms with Crippen LogP contribution in [-0.2, 0) is 0 Å². The number of carbonyl (C=O) groups excluding carboxylic acids is 1. The van der Waals surface area contributed by atoms with Crippen molar-refractivity contribution >= 4 is 5.91 Å². The van der Waals surface area contributed by atoms with Crippen LogP contribution in [0.4, 0.5) is 0 Å². The molecule has 0 aromatic heterocycles. The predicted molar refractivity (Wildman–Crippen MR) is 56.0 cm³/mol. The summed E-state index contributed by atoms with van der Waals surface area (Å²) in [4.78, 5) is 13.8. The van der Waals surface area contributed by atoms with Crippen LogP contribution >= 0.6 is 0 Å². The van der Waals surface area contributed by atoms with Gasteiger partial charge < -0.3 is 4.90 Å². The summed E-state index contributed by atoms with van der Waals surface area (Å²) in [6.07, 6.45) is 2.28. The maximum atomic E-state index is 11.9. The van der Waals surface area contributed by atoms with Gasteiger partial charge in [-0.15, -0.1) is 0 Å². The first-order chi connectivity index (χ1) is 6.77. The first-order valence-corrected chi connectivity index (χ1v) is 4.99. The lowest BCUT2D eigenvalue weighted by molar-refractivity contribution is 0.0793. The van der Waals surface area contributed by atoms with E-state index in [1.807, 2.05) is 29.2 Å². The van der Waals surface area contributed by atoms with Gasteiger partial charge in [0.1, 0.15) is 0 Å². The van der Waals surface area contributed by atoms with E-state index in [2.05, 4.69) is 6.92 Å². The molecule has 0 bridgehead atoms. The smallest absolute Gasteiger partial charge is 0.253 e. The third kappa shape index (κ3) is 1.79. The first-order valence-electron chi connectivity index (χ1n) is 4.99. The van der Waals surface area contributed by atoms with Crippen LogP contribution in [0.5, 0.6) is 0 Å². The number of likely N-dealkylation sites (tertiary alicyclic amines) is 1. The van der Waals surface area contributed by atoms with E-state index in [4.69, 9.17) is 0 Å². The number of carbonyl (C=O) groups is 1. The van der Waals surface area contributed by atoms with E-state index in [9.17, 15) is 4.79 Å². The Balaban J connectivity index is 2.14. The fourth-order valence-corrected chi connectivity index (χ4v) is 1.75. The molecular weight excluding hydrogens is 174 g/mol. The van der Waals surface area contributed by atoms with Gasteiger partial charge in [0.25, 0.3) is 5.91 Å². The Labute approximate surface area is 84.5 Å². The van der Waals surface area contributed by atoms with E-state index >= 15 is 0 Å². The summed E-state index contributed by atoms with van der Waals surface area (Å²) in [5.41, 5.74) is 1.72. The summed E-state index contributed by atoms with van der Waals surface area (Å²) in [5.74, 6) is 0.155. The number of amides is 1. The zero-order valence-corrected chi connectivity index (χ0v) is 8.20. The van der Waals surface area contributed by atoms with Crippen molar-refractivity contribution in [2.75, 3.05) is 13.1 Å². The minimum absolute atomic E-state index is 0.155. The number of rotatable bonds is 1. The van der Waals surface area contributed by atoms with Crippen LogP contribution in [0.25, 0.3) is 0 Å². The molecule has 0 aliphatic carbocycles. The van der Waals surface area contributed by atoms with Crippen LogP contribution in [-0.4, -0.2) is 23.9 Å². The highest BCUT2D eigenvalue weighted by Crippen LogP contribution is 2.13. The van der Waals surface area contributed by atoms with Crippen molar-refractivity contribution in [3.8, 4) is 0 Å². The van der Waals surface area contributed by atoms with E-state index in [0.717, 1.165) is 37.1 Å². The number of nitrogens with zero attached hydrogens (tertiary/aromatic N) is 1. The third-order valence-electron chi connectivity index (χ3n) is 2.59. The lowest BCUT2D eigenvalue weighted by Crippen LogP contribution is -2.27. The van der Waals surface area contributed by atoms with Gasteiger partial charge in [0, 0.05) is 18.7 Å². The van der Waals surface area contributed by atoms with Gasteiger partial charge in [0.15, 0.2) is 0 Å². The molecule has 1 aromatic carbocycles. The molecule has 2 nitrogen and oxygen atoms in total. The molecular formula is C12H14NO. The SMILES string of the molecule is [CH2]c1ccc(C(=O)N2CCCC2)cc1. The number of hydrogen-bond donors (Lipinski definition) is 0. The van der Waals surface area contributed by atoms with Gasteiger partial charge in [-0.2, -0.15) is 0 Å². The topological polar surface area (TPSA) is 20.3 Å². The van der Waals surface area contributed by atoms with Gasteiger partial charge in [-0.1, -0.05) is 12.1 Å². The molecule has 14 heavy (non-hydrogen) atoms. The zero-order chi connectivity index (χ0) is 9.97. The van der Waals surface area contributed by atoms with Gasteiger partial charge in [0.05, 0.1) is 0 Å². The molecule has 2 rings (SSSR count). The molecule has 1 saturated heterocycles. The van der Waals surface area contributed by atoms with Gasteiger partial charge in [-0.05, 0) is 37.5 Å². The molecule has 0 atom stereocenters. The zero-order valence-electron chi connectivity index (χ0n) is 8.20. The standard InChI is InChI=1S/C12H14NO/c1-10-4-6-11(7-5-10)12(14)13-8-2-3-9-13/h4-7H,1-3,8-9H2. The van der Waals surface area contributed by atoms with Gasteiger partial charge in [0.2, 0.25) is 0 Å². The Morgan fingerprint density at radius 2 is 1.71 bits per heavy atom. The highest BCUT2D eigenvalue weighted by molar-refractivity contribution is 5.94. The Morgan fingerprint density at radius 1 is 1.14 bits per heavy atom. The third-order valence-corrected chi connectivity index (χ3v) is 2.59. The molecule has 1 aliphatic rings. The summed E-state index contributed by atoms with van der Waals surface area (Å²) in [6, 6.07) is 7.46. The van der Waals surface area contributed by atoms with Crippen LogP contribution in [0.1, 0.15) is 28.8 Å². The quantitative estimate of drug-likeness (QED) is 0.661. The second-order valence-electron chi connectivity index (χ2n) is 3.70. The lowest BCUT2D eigenvalue weighted by atomic mass is 10.1. The Hall–Kier alpha value is -1.31. The fraction of sp³-hybridized carbons (Fsp3) is 0.333. The Kier molecular flexibility index (Phi) is 2.53. The molecule has 2 heteroatoms. The molecule has 1 aromatic rings. The molecule has 0 spiro atoms. The number of hydrogen-bond acceptors (Lipinski definition) is 1. The summed E-state index contributed by atoms with van der Waals surface area (Å²) in [7, 11) is 0. The summed E-state index contributed by atoms with van der Waals surface area (Å²) >= 11 is 0. The highest BCUT2D eigenvalue weighted by atomic mass is 16.2. The molecule has 1 aliphatic heterocycles. The molecule has 73 valence electrons. The van der Waals surface area contributed by atoms with Crippen LogP contribution in [0.3, 0.4) is 0 Å². The second-order valence-corrected chi connectivity index (χ2v) is 3.70.